The molecule has 0 unspecified atom stereocenters. The van der Waals surface area contributed by atoms with Gasteiger partial charge in [0.2, 0.25) is 0 Å². The quantitative estimate of drug-likeness (QED) is 0.159. The Morgan fingerprint density at radius 2 is 0.809 bits per heavy atom. The van der Waals surface area contributed by atoms with Crippen LogP contribution in [-0.4, -0.2) is 34.5 Å². The molecule has 0 radical (unpaired) electrons. The third-order valence-corrected chi connectivity index (χ3v) is 12.9. The second kappa shape index (κ2) is 16.0. The average Bonchev–Trinajstić information content (AvgIpc) is 3.78. The lowest BCUT2D eigenvalue weighted by atomic mass is 9.68. The third kappa shape index (κ3) is 6.43. The van der Waals surface area contributed by atoms with E-state index in [1.807, 2.05) is 133 Å². The van der Waals surface area contributed by atoms with Crippen LogP contribution in [0.3, 0.4) is 0 Å². The van der Waals surface area contributed by atoms with Crippen molar-refractivity contribution in [3.63, 3.8) is 0 Å². The molecule has 0 fully saturated rings. The molecule has 13 rings (SSSR count). The zero-order chi connectivity index (χ0) is 49.4. The van der Waals surface area contributed by atoms with Crippen LogP contribution in [0, 0.1) is 0 Å². The minimum Gasteiger partial charge on any atom is -0.308 e. The summed E-state index contributed by atoms with van der Waals surface area (Å²) in [5, 5.41) is 2.06. The van der Waals surface area contributed by atoms with Crippen molar-refractivity contribution in [2.75, 3.05) is 0 Å². The first-order valence-corrected chi connectivity index (χ1v) is 22.4. The predicted octanol–water partition coefficient (Wildman–Crippen LogP) is 13.9. The second-order valence-electron chi connectivity index (χ2n) is 16.7. The van der Waals surface area contributed by atoms with E-state index < -0.39 is 35.6 Å². The molecule has 1 aliphatic heterocycles. The molecule has 4 bridgehead atoms. The summed E-state index contributed by atoms with van der Waals surface area (Å²) in [5.41, 5.74) is 8.68. The summed E-state index contributed by atoms with van der Waals surface area (Å²) in [4.78, 5) is 31.3. The van der Waals surface area contributed by atoms with Gasteiger partial charge in [0.25, 0.3) is 0 Å². The Kier molecular flexibility index (Phi) is 8.07. The molecule has 0 spiro atoms. The topological polar surface area (TPSA) is 82.3 Å². The fourth-order valence-corrected chi connectivity index (χ4v) is 9.71. The molecule has 0 saturated carbocycles. The van der Waals surface area contributed by atoms with Gasteiger partial charge in [-0.05, 0) is 58.1 Å². The van der Waals surface area contributed by atoms with Gasteiger partial charge in [0.15, 0.2) is 34.9 Å². The largest absolute Gasteiger partial charge is 0.308 e. The van der Waals surface area contributed by atoms with Crippen molar-refractivity contribution in [3.8, 4) is 73.8 Å². The second-order valence-corrected chi connectivity index (χ2v) is 16.7. The zero-order valence-electron chi connectivity index (χ0n) is 41.3. The van der Waals surface area contributed by atoms with Gasteiger partial charge in [0, 0.05) is 38.6 Å². The Balaban J connectivity index is 1.20. The molecule has 0 N–H and O–H groups in total. The molecule has 0 amide bonds. The molecule has 3 aromatic heterocycles. The maximum atomic E-state index is 9.28. The summed E-state index contributed by atoms with van der Waals surface area (Å²) in [6.45, 7) is 0. The molecule has 12 aromatic rings. The lowest BCUT2D eigenvalue weighted by Gasteiger charge is -2.35. The van der Waals surface area contributed by atoms with Crippen LogP contribution in [-0.2, 0) is 5.41 Å². The van der Waals surface area contributed by atoms with Crippen LogP contribution in [0.2, 0.25) is 0 Å². The number of benzene rings is 9. The molecule has 0 aliphatic carbocycles. The molecule has 0 saturated heterocycles. The third-order valence-electron chi connectivity index (χ3n) is 12.9. The fourth-order valence-electron chi connectivity index (χ4n) is 9.71. The summed E-state index contributed by atoms with van der Waals surface area (Å²) in [5.74, 6) is 1.82. The lowest BCUT2D eigenvalue weighted by molar-refractivity contribution is 0.675. The molecule has 9 aromatic carbocycles. The highest BCUT2D eigenvalue weighted by Crippen LogP contribution is 2.48. The summed E-state index contributed by atoms with van der Waals surface area (Å²) in [7, 11) is 0. The van der Waals surface area contributed by atoms with Crippen molar-refractivity contribution in [1.29, 1.82) is 0 Å². The predicted molar refractivity (Wildman–Crippen MR) is 272 cm³/mol. The van der Waals surface area contributed by atoms with E-state index >= 15 is 0 Å². The van der Waals surface area contributed by atoms with Gasteiger partial charge in [-0.15, -0.1) is 0 Å². The van der Waals surface area contributed by atoms with E-state index in [0.717, 1.165) is 66.4 Å². The SMILES string of the molecule is [2H]c1c([2H])c([2H])c(-c2nc3nc(n2)C(c2ccccc2)(c2ccccc2)c2ccc4c5ccc(-c6ccccc6)cc5n(c4c2)-c2ccc(-c4nc(-c5ccccc5)nc(-c5ccccc5)n4)cc2-3)c([2H])c1[2H]. The van der Waals surface area contributed by atoms with E-state index in [1.54, 1.807) is 0 Å². The van der Waals surface area contributed by atoms with Crippen LogP contribution in [0.25, 0.3) is 95.6 Å². The van der Waals surface area contributed by atoms with Crippen LogP contribution in [0.15, 0.2) is 236 Å². The standard InChI is InChI=1S/C61H39N7/c1-7-19-40(20-8-1)44-31-34-49-50-35-33-48-39-54(50)68(53(49)38-44)52-36-32-45(58-63-55(41-21-9-2-10-22-41)62-56(64-58)42-23-11-3-12-24-42)37-51(52)59-65-57(43-25-13-4-14-26-43)66-60(67-59)61(48,46-27-15-5-16-28-46)47-29-17-6-18-30-47/h1-39H/i4D,13D,14D,25D,26D. The molecular formula is C61H39N7. The van der Waals surface area contributed by atoms with Gasteiger partial charge in [-0.1, -0.05) is 206 Å². The van der Waals surface area contributed by atoms with Gasteiger partial charge in [0.1, 0.15) is 5.41 Å². The van der Waals surface area contributed by atoms with Gasteiger partial charge in [-0.25, -0.2) is 29.9 Å². The van der Waals surface area contributed by atoms with Crippen LogP contribution in [0.4, 0.5) is 0 Å². The Bertz CT molecular complexity index is 4010. The van der Waals surface area contributed by atoms with Gasteiger partial charge in [-0.2, -0.15) is 0 Å². The van der Waals surface area contributed by atoms with E-state index in [-0.39, 0.29) is 17.2 Å². The molecule has 4 heterocycles. The lowest BCUT2D eigenvalue weighted by Crippen LogP contribution is -2.34. The molecular weight excluding hydrogens is 831 g/mol. The summed E-state index contributed by atoms with van der Waals surface area (Å²) in [6, 6.07) is 66.7. The molecule has 7 heteroatoms. The maximum absolute atomic E-state index is 9.28. The first kappa shape index (κ1) is 34.2. The normalized spacial score (nSPS) is 13.6. The molecule has 0 atom stereocenters. The van der Waals surface area contributed by atoms with E-state index in [4.69, 9.17) is 34.0 Å². The van der Waals surface area contributed by atoms with Crippen molar-refractivity contribution >= 4 is 21.8 Å². The van der Waals surface area contributed by atoms with Crippen molar-refractivity contribution in [1.82, 2.24) is 34.5 Å². The highest BCUT2D eigenvalue weighted by atomic mass is 15.1. The maximum Gasteiger partial charge on any atom is 0.165 e. The summed E-state index contributed by atoms with van der Waals surface area (Å²) < 4.78 is 47.0. The Hall–Kier alpha value is -9.20. The number of hydrogen-bond donors (Lipinski definition) is 0. The Labute approximate surface area is 399 Å². The number of rotatable bonds is 7. The Morgan fingerprint density at radius 1 is 0.338 bits per heavy atom. The highest BCUT2D eigenvalue weighted by molar-refractivity contribution is 6.11. The van der Waals surface area contributed by atoms with Gasteiger partial charge < -0.3 is 4.57 Å². The summed E-state index contributed by atoms with van der Waals surface area (Å²) in [6.07, 6.45) is 0. The Morgan fingerprint density at radius 3 is 1.41 bits per heavy atom. The molecule has 7 nitrogen and oxygen atoms in total. The first-order chi connectivity index (χ1) is 35.8. The fraction of sp³-hybridized carbons (Fsp3) is 0.0164. The molecule has 1 aliphatic rings. The number of hydrogen-bond acceptors (Lipinski definition) is 6. The van der Waals surface area contributed by atoms with Crippen molar-refractivity contribution < 1.29 is 6.85 Å². The number of fused-ring (bicyclic) bond motifs is 9. The van der Waals surface area contributed by atoms with Crippen molar-refractivity contribution in [2.24, 2.45) is 0 Å². The average molecular weight is 875 g/mol. The van der Waals surface area contributed by atoms with Crippen LogP contribution in [0.1, 0.15) is 29.4 Å². The monoisotopic (exact) mass is 874 g/mol. The number of nitrogens with zero attached hydrogens (tertiary/aromatic N) is 7. The van der Waals surface area contributed by atoms with Crippen LogP contribution in [0.5, 0.6) is 0 Å². The zero-order valence-corrected chi connectivity index (χ0v) is 36.3. The summed E-state index contributed by atoms with van der Waals surface area (Å²) >= 11 is 0. The first-order valence-electron chi connectivity index (χ1n) is 24.9. The van der Waals surface area contributed by atoms with Gasteiger partial charge in [-0.3, -0.25) is 0 Å². The van der Waals surface area contributed by atoms with Crippen LogP contribution >= 0.6 is 0 Å². The van der Waals surface area contributed by atoms with E-state index in [0.29, 0.717) is 34.4 Å². The molecule has 68 heavy (non-hydrogen) atoms. The smallest absolute Gasteiger partial charge is 0.165 e. The highest BCUT2D eigenvalue weighted by Gasteiger charge is 2.43. The van der Waals surface area contributed by atoms with E-state index in [1.165, 1.54) is 0 Å². The molecule has 318 valence electrons. The van der Waals surface area contributed by atoms with Gasteiger partial charge in [0.05, 0.1) is 23.6 Å². The minimum atomic E-state index is -1.24. The van der Waals surface area contributed by atoms with Crippen molar-refractivity contribution in [2.45, 2.75) is 5.41 Å². The van der Waals surface area contributed by atoms with E-state index in [2.05, 4.69) is 77.4 Å². The van der Waals surface area contributed by atoms with E-state index in [9.17, 15) is 2.74 Å². The number of aromatic nitrogens is 7. The van der Waals surface area contributed by atoms with Crippen LogP contribution < -0.4 is 0 Å². The van der Waals surface area contributed by atoms with Gasteiger partial charge >= 0.3 is 0 Å². The minimum absolute atomic E-state index is 0.0758. The van der Waals surface area contributed by atoms with Crippen molar-refractivity contribution in [3.05, 3.63) is 259 Å².